The molecule has 1 amide bonds. The number of rotatable bonds is 4. The van der Waals surface area contributed by atoms with E-state index in [1.807, 2.05) is 18.2 Å². The average Bonchev–Trinajstić information content (AvgIpc) is 2.73. The molecule has 0 fully saturated rings. The minimum Gasteiger partial charge on any atom is -0.350 e. The number of amides is 1. The molecule has 0 saturated heterocycles. The van der Waals surface area contributed by atoms with Crippen LogP contribution in [0.2, 0.25) is 0 Å². The second-order valence-electron chi connectivity index (χ2n) is 3.51. The van der Waals surface area contributed by atoms with E-state index in [4.69, 9.17) is 4.52 Å². The number of hydrogen-bond acceptors (Lipinski definition) is 5. The summed E-state index contributed by atoms with van der Waals surface area (Å²) in [7, 11) is 0. The molecule has 0 unspecified atom stereocenters. The van der Waals surface area contributed by atoms with E-state index in [1.54, 1.807) is 13.1 Å². The summed E-state index contributed by atoms with van der Waals surface area (Å²) < 4.78 is 4.85. The van der Waals surface area contributed by atoms with Gasteiger partial charge in [0.25, 0.3) is 0 Å². The molecule has 0 atom stereocenters. The standard InChI is InChI=1S/C11H12N4O2/c1-8-14-11(17-15-8)6-10(16)13-7-9-4-2-3-5-12-9/h2-5H,6-7H2,1H3,(H,13,16). The van der Waals surface area contributed by atoms with Crippen molar-refractivity contribution < 1.29 is 9.32 Å². The zero-order valence-corrected chi connectivity index (χ0v) is 9.38. The van der Waals surface area contributed by atoms with Gasteiger partial charge in [-0.2, -0.15) is 4.98 Å². The molecule has 0 aliphatic heterocycles. The highest BCUT2D eigenvalue weighted by Crippen LogP contribution is 1.97. The molecule has 2 rings (SSSR count). The Morgan fingerprint density at radius 3 is 3.00 bits per heavy atom. The SMILES string of the molecule is Cc1noc(CC(=O)NCc2ccccn2)n1. The largest absolute Gasteiger partial charge is 0.350 e. The molecule has 88 valence electrons. The number of nitrogens with one attached hydrogen (secondary N) is 1. The highest BCUT2D eigenvalue weighted by molar-refractivity contribution is 5.77. The molecular weight excluding hydrogens is 220 g/mol. The molecule has 0 aromatic carbocycles. The quantitative estimate of drug-likeness (QED) is 0.836. The molecule has 6 nitrogen and oxygen atoms in total. The highest BCUT2D eigenvalue weighted by Gasteiger charge is 2.09. The monoisotopic (exact) mass is 232 g/mol. The maximum Gasteiger partial charge on any atom is 0.236 e. The normalized spacial score (nSPS) is 10.2. The number of aromatic nitrogens is 3. The Morgan fingerprint density at radius 2 is 2.35 bits per heavy atom. The molecule has 0 saturated carbocycles. The average molecular weight is 232 g/mol. The fourth-order valence-corrected chi connectivity index (χ4v) is 1.30. The lowest BCUT2D eigenvalue weighted by Gasteiger charge is -2.02. The van der Waals surface area contributed by atoms with Crippen molar-refractivity contribution >= 4 is 5.91 Å². The van der Waals surface area contributed by atoms with Crippen LogP contribution in [0, 0.1) is 6.92 Å². The number of hydrogen-bond donors (Lipinski definition) is 1. The Labute approximate surface area is 98.1 Å². The zero-order chi connectivity index (χ0) is 12.1. The summed E-state index contributed by atoms with van der Waals surface area (Å²) in [5, 5.41) is 6.34. The minimum absolute atomic E-state index is 0.0909. The molecule has 0 bridgehead atoms. The predicted molar refractivity (Wildman–Crippen MR) is 58.8 cm³/mol. The Hall–Kier alpha value is -2.24. The summed E-state index contributed by atoms with van der Waals surface area (Å²) in [5.74, 6) is 0.679. The van der Waals surface area contributed by atoms with E-state index >= 15 is 0 Å². The molecule has 0 aliphatic carbocycles. The van der Waals surface area contributed by atoms with Crippen LogP contribution in [-0.4, -0.2) is 21.0 Å². The fraction of sp³-hybridized carbons (Fsp3) is 0.273. The van der Waals surface area contributed by atoms with Crippen LogP contribution in [0.1, 0.15) is 17.4 Å². The molecule has 0 aliphatic rings. The third-order valence-electron chi connectivity index (χ3n) is 2.07. The maximum absolute atomic E-state index is 11.5. The molecule has 6 heteroatoms. The number of nitrogens with zero attached hydrogens (tertiary/aromatic N) is 3. The van der Waals surface area contributed by atoms with Gasteiger partial charge in [-0.15, -0.1) is 0 Å². The van der Waals surface area contributed by atoms with Crippen molar-refractivity contribution in [2.45, 2.75) is 19.9 Å². The van der Waals surface area contributed by atoms with E-state index in [0.717, 1.165) is 5.69 Å². The Kier molecular flexibility index (Phi) is 3.44. The van der Waals surface area contributed by atoms with Gasteiger partial charge in [0.05, 0.1) is 12.2 Å². The summed E-state index contributed by atoms with van der Waals surface area (Å²) >= 11 is 0. The van der Waals surface area contributed by atoms with Crippen LogP contribution in [0.25, 0.3) is 0 Å². The van der Waals surface area contributed by atoms with Crippen LogP contribution < -0.4 is 5.32 Å². The van der Waals surface area contributed by atoms with Crippen molar-refractivity contribution in [3.8, 4) is 0 Å². The van der Waals surface area contributed by atoms with Crippen molar-refractivity contribution in [3.05, 3.63) is 41.8 Å². The Bertz CT molecular complexity index is 495. The lowest BCUT2D eigenvalue weighted by Crippen LogP contribution is -2.25. The molecule has 17 heavy (non-hydrogen) atoms. The van der Waals surface area contributed by atoms with Gasteiger partial charge in [0, 0.05) is 6.20 Å². The predicted octanol–water partition coefficient (Wildman–Crippen LogP) is 0.632. The van der Waals surface area contributed by atoms with E-state index < -0.39 is 0 Å². The van der Waals surface area contributed by atoms with Gasteiger partial charge in [-0.1, -0.05) is 11.2 Å². The van der Waals surface area contributed by atoms with Gasteiger partial charge in [-0.05, 0) is 19.1 Å². The number of pyridine rings is 1. The third kappa shape index (κ3) is 3.37. The van der Waals surface area contributed by atoms with Crippen LogP contribution in [-0.2, 0) is 17.8 Å². The van der Waals surface area contributed by atoms with Gasteiger partial charge in [0.2, 0.25) is 11.8 Å². The van der Waals surface area contributed by atoms with Crippen molar-refractivity contribution in [1.82, 2.24) is 20.4 Å². The van der Waals surface area contributed by atoms with Gasteiger partial charge in [-0.25, -0.2) is 0 Å². The van der Waals surface area contributed by atoms with Crippen LogP contribution in [0.4, 0.5) is 0 Å². The van der Waals surface area contributed by atoms with E-state index in [9.17, 15) is 4.79 Å². The second kappa shape index (κ2) is 5.20. The summed E-state index contributed by atoms with van der Waals surface area (Å²) in [6.45, 7) is 2.10. The van der Waals surface area contributed by atoms with E-state index in [0.29, 0.717) is 18.3 Å². The van der Waals surface area contributed by atoms with E-state index in [2.05, 4.69) is 20.4 Å². The van der Waals surface area contributed by atoms with Crippen LogP contribution >= 0.6 is 0 Å². The van der Waals surface area contributed by atoms with Gasteiger partial charge in [0.1, 0.15) is 6.42 Å². The van der Waals surface area contributed by atoms with Crippen molar-refractivity contribution in [2.75, 3.05) is 0 Å². The van der Waals surface area contributed by atoms with E-state index in [-0.39, 0.29) is 12.3 Å². The van der Waals surface area contributed by atoms with Crippen molar-refractivity contribution in [2.24, 2.45) is 0 Å². The molecule has 0 radical (unpaired) electrons. The minimum atomic E-state index is -0.167. The molecule has 1 N–H and O–H groups in total. The zero-order valence-electron chi connectivity index (χ0n) is 9.38. The van der Waals surface area contributed by atoms with Crippen molar-refractivity contribution in [1.29, 1.82) is 0 Å². The molecule has 2 aromatic heterocycles. The van der Waals surface area contributed by atoms with Crippen LogP contribution in [0.15, 0.2) is 28.9 Å². The molecule has 2 aromatic rings. The molecule has 0 spiro atoms. The smallest absolute Gasteiger partial charge is 0.236 e. The van der Waals surface area contributed by atoms with Gasteiger partial charge >= 0.3 is 0 Å². The maximum atomic E-state index is 11.5. The number of carbonyl (C=O) groups excluding carboxylic acids is 1. The topological polar surface area (TPSA) is 80.9 Å². The summed E-state index contributed by atoms with van der Waals surface area (Å²) in [6, 6.07) is 5.54. The van der Waals surface area contributed by atoms with Gasteiger partial charge in [-0.3, -0.25) is 9.78 Å². The highest BCUT2D eigenvalue weighted by atomic mass is 16.5. The Balaban J connectivity index is 1.82. The lowest BCUT2D eigenvalue weighted by molar-refractivity contribution is -0.120. The van der Waals surface area contributed by atoms with Gasteiger partial charge < -0.3 is 9.84 Å². The molecule has 2 heterocycles. The first-order valence-electron chi connectivity index (χ1n) is 5.20. The van der Waals surface area contributed by atoms with Crippen LogP contribution in [0.5, 0.6) is 0 Å². The van der Waals surface area contributed by atoms with Crippen molar-refractivity contribution in [3.63, 3.8) is 0 Å². The summed E-state index contributed by atoms with van der Waals surface area (Å²) in [4.78, 5) is 19.6. The first kappa shape index (κ1) is 11.3. The third-order valence-corrected chi connectivity index (χ3v) is 2.07. The summed E-state index contributed by atoms with van der Waals surface area (Å²) in [6.07, 6.45) is 1.77. The first-order valence-corrected chi connectivity index (χ1v) is 5.20. The second-order valence-corrected chi connectivity index (χ2v) is 3.51. The molecular formula is C11H12N4O2. The number of carbonyl (C=O) groups is 1. The Morgan fingerprint density at radius 1 is 1.47 bits per heavy atom. The van der Waals surface area contributed by atoms with E-state index in [1.165, 1.54) is 0 Å². The van der Waals surface area contributed by atoms with Crippen LogP contribution in [0.3, 0.4) is 0 Å². The fourth-order valence-electron chi connectivity index (χ4n) is 1.30. The van der Waals surface area contributed by atoms with Gasteiger partial charge in [0.15, 0.2) is 5.82 Å². The number of aryl methyl sites for hydroxylation is 1. The first-order chi connectivity index (χ1) is 8.24. The lowest BCUT2D eigenvalue weighted by atomic mass is 10.3. The summed E-state index contributed by atoms with van der Waals surface area (Å²) in [5.41, 5.74) is 0.808.